The monoisotopic (exact) mass is 352 g/mol. The summed E-state index contributed by atoms with van der Waals surface area (Å²) in [7, 11) is 1.80. The molecular formula is C19H21FN6. The highest BCUT2D eigenvalue weighted by Gasteiger charge is 2.26. The molecule has 1 aromatic carbocycles. The molecule has 3 heterocycles. The van der Waals surface area contributed by atoms with Crippen molar-refractivity contribution >= 4 is 28.3 Å². The van der Waals surface area contributed by atoms with Crippen molar-refractivity contribution in [3.63, 3.8) is 0 Å². The molecule has 4 rings (SSSR count). The van der Waals surface area contributed by atoms with E-state index in [4.69, 9.17) is 4.98 Å². The van der Waals surface area contributed by atoms with Gasteiger partial charge in [0.1, 0.15) is 23.8 Å². The van der Waals surface area contributed by atoms with Gasteiger partial charge in [0.2, 0.25) is 0 Å². The third-order valence-electron chi connectivity index (χ3n) is 5.04. The first-order valence-electron chi connectivity index (χ1n) is 8.86. The van der Waals surface area contributed by atoms with Gasteiger partial charge in [0.25, 0.3) is 5.78 Å². The van der Waals surface area contributed by atoms with Crippen molar-refractivity contribution < 1.29 is 4.39 Å². The molecule has 0 aliphatic carbocycles. The Morgan fingerprint density at radius 1 is 1.35 bits per heavy atom. The maximum absolute atomic E-state index is 14.0. The van der Waals surface area contributed by atoms with Gasteiger partial charge in [-0.15, -0.1) is 10.2 Å². The standard InChI is InChI=1S/C19H21FN6/c1-4-12(2)14-6-5-9-25(17(14)21-3)18-15-10-13(20)7-8-16(15)26-11-22-24-19(26)23-18/h7-8,10-11H,4-6,9H2,1-3H3/b14-12-,21-17?. The second-order valence-electron chi connectivity index (χ2n) is 6.51. The van der Waals surface area contributed by atoms with Gasteiger partial charge in [-0.3, -0.25) is 9.39 Å². The van der Waals surface area contributed by atoms with Gasteiger partial charge < -0.3 is 4.90 Å². The van der Waals surface area contributed by atoms with E-state index in [1.165, 1.54) is 23.3 Å². The van der Waals surface area contributed by atoms with Crippen molar-refractivity contribution in [3.05, 3.63) is 41.5 Å². The maximum atomic E-state index is 14.0. The number of benzene rings is 1. The number of amidine groups is 1. The van der Waals surface area contributed by atoms with E-state index in [0.29, 0.717) is 11.6 Å². The zero-order valence-electron chi connectivity index (χ0n) is 15.2. The van der Waals surface area contributed by atoms with Gasteiger partial charge in [0, 0.05) is 19.0 Å². The molecule has 0 N–H and O–H groups in total. The number of aliphatic imine (C=N–C) groups is 1. The lowest BCUT2D eigenvalue weighted by Gasteiger charge is -2.33. The number of aromatic nitrogens is 4. The number of allylic oxidation sites excluding steroid dienone is 1. The van der Waals surface area contributed by atoms with Crippen molar-refractivity contribution in [2.24, 2.45) is 4.99 Å². The van der Waals surface area contributed by atoms with Crippen LogP contribution in [0.3, 0.4) is 0 Å². The Bertz CT molecular complexity index is 1050. The summed E-state index contributed by atoms with van der Waals surface area (Å²) in [5.74, 6) is 1.80. The van der Waals surface area contributed by atoms with Gasteiger partial charge in [0.15, 0.2) is 0 Å². The van der Waals surface area contributed by atoms with E-state index in [2.05, 4.69) is 33.9 Å². The van der Waals surface area contributed by atoms with Gasteiger partial charge in [-0.05, 0) is 50.0 Å². The Morgan fingerprint density at radius 2 is 2.19 bits per heavy atom. The Kier molecular flexibility index (Phi) is 4.14. The molecule has 134 valence electrons. The molecule has 0 radical (unpaired) electrons. The normalized spacial score (nSPS) is 18.9. The van der Waals surface area contributed by atoms with Crippen LogP contribution in [0.2, 0.25) is 0 Å². The minimum atomic E-state index is -0.291. The van der Waals surface area contributed by atoms with Crippen LogP contribution < -0.4 is 4.90 Å². The number of hydrogen-bond acceptors (Lipinski definition) is 4. The molecule has 1 aliphatic rings. The van der Waals surface area contributed by atoms with E-state index in [9.17, 15) is 4.39 Å². The Hall–Kier alpha value is -2.83. The van der Waals surface area contributed by atoms with E-state index in [0.717, 1.165) is 42.5 Å². The van der Waals surface area contributed by atoms with Crippen LogP contribution >= 0.6 is 0 Å². The second-order valence-corrected chi connectivity index (χ2v) is 6.51. The molecule has 0 bridgehead atoms. The van der Waals surface area contributed by atoms with Gasteiger partial charge in [-0.25, -0.2) is 4.39 Å². The number of rotatable bonds is 2. The van der Waals surface area contributed by atoms with Crippen molar-refractivity contribution in [3.8, 4) is 0 Å². The molecule has 0 atom stereocenters. The fourth-order valence-corrected chi connectivity index (χ4v) is 3.61. The zero-order valence-corrected chi connectivity index (χ0v) is 15.2. The quantitative estimate of drug-likeness (QED) is 0.704. The highest BCUT2D eigenvalue weighted by Crippen LogP contribution is 2.32. The van der Waals surface area contributed by atoms with Crippen LogP contribution in [0.5, 0.6) is 0 Å². The molecule has 6 nitrogen and oxygen atoms in total. The molecule has 0 unspecified atom stereocenters. The van der Waals surface area contributed by atoms with Gasteiger partial charge in [0.05, 0.1) is 5.52 Å². The summed E-state index contributed by atoms with van der Waals surface area (Å²) in [6.07, 6.45) is 4.59. The van der Waals surface area contributed by atoms with Crippen molar-refractivity contribution in [2.75, 3.05) is 18.5 Å². The highest BCUT2D eigenvalue weighted by molar-refractivity contribution is 6.13. The number of fused-ring (bicyclic) bond motifs is 3. The van der Waals surface area contributed by atoms with Crippen LogP contribution in [-0.4, -0.2) is 39.0 Å². The summed E-state index contributed by atoms with van der Waals surface area (Å²) in [4.78, 5) is 11.3. The maximum Gasteiger partial charge on any atom is 0.257 e. The van der Waals surface area contributed by atoms with Crippen LogP contribution in [-0.2, 0) is 0 Å². The molecule has 2 aromatic heterocycles. The van der Waals surface area contributed by atoms with Crippen molar-refractivity contribution in [1.29, 1.82) is 0 Å². The summed E-state index contributed by atoms with van der Waals surface area (Å²) in [5, 5.41) is 8.78. The summed E-state index contributed by atoms with van der Waals surface area (Å²) in [6, 6.07) is 4.71. The van der Waals surface area contributed by atoms with E-state index in [-0.39, 0.29) is 5.82 Å². The lowest BCUT2D eigenvalue weighted by atomic mass is 9.96. The lowest BCUT2D eigenvalue weighted by Crippen LogP contribution is -2.38. The van der Waals surface area contributed by atoms with Gasteiger partial charge >= 0.3 is 0 Å². The largest absolute Gasteiger partial charge is 0.310 e. The fraction of sp³-hybridized carbons (Fsp3) is 0.368. The number of nitrogens with zero attached hydrogens (tertiary/aromatic N) is 6. The van der Waals surface area contributed by atoms with Crippen LogP contribution in [0, 0.1) is 5.82 Å². The molecule has 26 heavy (non-hydrogen) atoms. The second kappa shape index (κ2) is 6.48. The zero-order chi connectivity index (χ0) is 18.3. The van der Waals surface area contributed by atoms with Crippen molar-refractivity contribution in [2.45, 2.75) is 33.1 Å². The van der Waals surface area contributed by atoms with Gasteiger partial charge in [-0.1, -0.05) is 12.5 Å². The SMILES string of the molecule is CC/C(C)=C1/CCCN(c2nc3nncn3c3ccc(F)cc23)C1=NC. The van der Waals surface area contributed by atoms with E-state index < -0.39 is 0 Å². The number of piperidine rings is 1. The predicted octanol–water partition coefficient (Wildman–Crippen LogP) is 3.77. The molecule has 3 aromatic rings. The number of anilines is 1. The molecule has 0 spiro atoms. The first-order chi connectivity index (χ1) is 12.6. The Balaban J connectivity index is 1.98. The molecular weight excluding hydrogens is 331 g/mol. The molecule has 1 saturated heterocycles. The summed E-state index contributed by atoms with van der Waals surface area (Å²) in [5.41, 5.74) is 3.42. The average molecular weight is 352 g/mol. The molecule has 1 aliphatic heterocycles. The molecule has 1 fully saturated rings. The highest BCUT2D eigenvalue weighted by atomic mass is 19.1. The minimum Gasteiger partial charge on any atom is -0.310 e. The molecule has 0 saturated carbocycles. The molecule has 0 amide bonds. The third-order valence-corrected chi connectivity index (χ3v) is 5.04. The third kappa shape index (κ3) is 2.55. The lowest BCUT2D eigenvalue weighted by molar-refractivity contribution is 0.629. The van der Waals surface area contributed by atoms with Crippen molar-refractivity contribution in [1.82, 2.24) is 19.6 Å². The van der Waals surface area contributed by atoms with E-state index in [1.54, 1.807) is 23.8 Å². The van der Waals surface area contributed by atoms with Crippen LogP contribution in [0.1, 0.15) is 33.1 Å². The molecule has 7 heteroatoms. The van der Waals surface area contributed by atoms with E-state index >= 15 is 0 Å². The topological polar surface area (TPSA) is 58.7 Å². The van der Waals surface area contributed by atoms with Crippen LogP contribution in [0.15, 0.2) is 40.7 Å². The first kappa shape index (κ1) is 16.6. The first-order valence-corrected chi connectivity index (χ1v) is 8.86. The Labute approximate surface area is 151 Å². The fourth-order valence-electron chi connectivity index (χ4n) is 3.61. The smallest absolute Gasteiger partial charge is 0.257 e. The predicted molar refractivity (Wildman–Crippen MR) is 101 cm³/mol. The van der Waals surface area contributed by atoms with Gasteiger partial charge in [-0.2, -0.15) is 4.98 Å². The average Bonchev–Trinajstić information content (AvgIpc) is 3.14. The summed E-state index contributed by atoms with van der Waals surface area (Å²) < 4.78 is 15.8. The van der Waals surface area contributed by atoms with Crippen LogP contribution in [0.25, 0.3) is 16.7 Å². The summed E-state index contributed by atoms with van der Waals surface area (Å²) in [6.45, 7) is 5.09. The minimum absolute atomic E-state index is 0.291. The number of hydrogen-bond donors (Lipinski definition) is 0. The number of halogens is 1. The summed E-state index contributed by atoms with van der Waals surface area (Å²) >= 11 is 0. The van der Waals surface area contributed by atoms with E-state index in [1.807, 2.05) is 0 Å². The Morgan fingerprint density at radius 3 is 2.96 bits per heavy atom. The van der Waals surface area contributed by atoms with Crippen LogP contribution in [0.4, 0.5) is 10.2 Å².